The summed E-state index contributed by atoms with van der Waals surface area (Å²) in [5.41, 5.74) is -1.90. The molecule has 6 nitrogen and oxygen atoms in total. The van der Waals surface area contributed by atoms with E-state index in [2.05, 4.69) is 0 Å². The Morgan fingerprint density at radius 2 is 0.929 bits per heavy atom. The molecule has 0 unspecified atom stereocenters. The fourth-order valence-corrected chi connectivity index (χ4v) is 3.22. The van der Waals surface area contributed by atoms with E-state index in [4.69, 9.17) is 0 Å². The first-order valence-corrected chi connectivity index (χ1v) is 8.66. The number of amides is 4. The molecule has 1 N–H and O–H groups in total. The predicted molar refractivity (Wildman–Crippen MR) is 104 cm³/mol. The van der Waals surface area contributed by atoms with Gasteiger partial charge in [-0.1, -0.05) is 66.7 Å². The van der Waals surface area contributed by atoms with Gasteiger partial charge in [-0.3, -0.25) is 9.59 Å². The molecule has 28 heavy (non-hydrogen) atoms. The van der Waals surface area contributed by atoms with Crippen molar-refractivity contribution in [3.05, 3.63) is 96.6 Å². The summed E-state index contributed by atoms with van der Waals surface area (Å²) in [6, 6.07) is 23.5. The third-order valence-electron chi connectivity index (χ3n) is 4.63. The molecular weight excluding hydrogens is 356 g/mol. The van der Waals surface area contributed by atoms with Gasteiger partial charge in [0.05, 0.1) is 11.4 Å². The molecule has 4 amide bonds. The summed E-state index contributed by atoms with van der Waals surface area (Å²) >= 11 is 0. The second-order valence-electron chi connectivity index (χ2n) is 6.31. The van der Waals surface area contributed by atoms with Gasteiger partial charge in [0, 0.05) is 5.56 Å². The minimum Gasteiger partial charge on any atom is -0.368 e. The summed E-state index contributed by atoms with van der Waals surface area (Å²) in [5, 5.41) is 11.3. The standard InChI is InChI=1S/C22H16N2O4/c25-19-22(28,16-10-4-1-5-11-16)20(26)24(18-14-8-3-9-15-18)21(27)23(19)17-12-6-2-7-13-17/h1-15,28H. The van der Waals surface area contributed by atoms with Gasteiger partial charge in [0.1, 0.15) is 0 Å². The summed E-state index contributed by atoms with van der Waals surface area (Å²) in [7, 11) is 0. The zero-order valence-electron chi connectivity index (χ0n) is 14.7. The first-order chi connectivity index (χ1) is 13.5. The fourth-order valence-electron chi connectivity index (χ4n) is 3.22. The molecule has 0 aromatic heterocycles. The van der Waals surface area contributed by atoms with Gasteiger partial charge in [0.15, 0.2) is 0 Å². The van der Waals surface area contributed by atoms with Crippen LogP contribution in [0.3, 0.4) is 0 Å². The zero-order chi connectivity index (χ0) is 19.7. The van der Waals surface area contributed by atoms with Crippen LogP contribution in [0.5, 0.6) is 0 Å². The maximum atomic E-state index is 13.3. The van der Waals surface area contributed by atoms with Crippen molar-refractivity contribution in [1.29, 1.82) is 0 Å². The Balaban J connectivity index is 1.93. The van der Waals surface area contributed by atoms with Crippen molar-refractivity contribution < 1.29 is 19.5 Å². The van der Waals surface area contributed by atoms with Crippen molar-refractivity contribution in [2.24, 2.45) is 0 Å². The molecule has 6 heteroatoms. The highest BCUT2D eigenvalue weighted by Crippen LogP contribution is 2.36. The largest absolute Gasteiger partial charge is 0.368 e. The molecule has 1 saturated heterocycles. The highest BCUT2D eigenvalue weighted by Gasteiger charge is 2.58. The third kappa shape index (κ3) is 2.59. The van der Waals surface area contributed by atoms with Gasteiger partial charge in [-0.05, 0) is 24.3 Å². The normalized spacial score (nSPS) is 16.4. The number of hydrogen-bond donors (Lipinski definition) is 1. The molecule has 0 radical (unpaired) electrons. The zero-order valence-corrected chi connectivity index (χ0v) is 14.7. The maximum absolute atomic E-state index is 13.3. The second kappa shape index (κ2) is 6.75. The lowest BCUT2D eigenvalue weighted by Gasteiger charge is -2.41. The average Bonchev–Trinajstić information content (AvgIpc) is 2.74. The van der Waals surface area contributed by atoms with E-state index in [-0.39, 0.29) is 16.9 Å². The Hall–Kier alpha value is -3.77. The molecular formula is C22H16N2O4. The molecule has 0 atom stereocenters. The van der Waals surface area contributed by atoms with Gasteiger partial charge < -0.3 is 5.11 Å². The number of carbonyl (C=O) groups is 3. The van der Waals surface area contributed by atoms with Crippen LogP contribution in [0.15, 0.2) is 91.0 Å². The smallest absolute Gasteiger partial charge is 0.342 e. The number of aliphatic hydroxyl groups is 1. The number of anilines is 2. The van der Waals surface area contributed by atoms with Gasteiger partial charge >= 0.3 is 6.03 Å². The Morgan fingerprint density at radius 1 is 0.571 bits per heavy atom. The number of imide groups is 2. The van der Waals surface area contributed by atoms with Gasteiger partial charge in [-0.2, -0.15) is 0 Å². The molecule has 0 saturated carbocycles. The number of hydrogen-bond acceptors (Lipinski definition) is 4. The maximum Gasteiger partial charge on any atom is 0.342 e. The van der Waals surface area contributed by atoms with Crippen molar-refractivity contribution in [1.82, 2.24) is 0 Å². The van der Waals surface area contributed by atoms with Crippen LogP contribution < -0.4 is 9.80 Å². The van der Waals surface area contributed by atoms with E-state index < -0.39 is 23.4 Å². The lowest BCUT2D eigenvalue weighted by Crippen LogP contribution is -2.68. The quantitative estimate of drug-likeness (QED) is 0.717. The number of urea groups is 1. The third-order valence-corrected chi connectivity index (χ3v) is 4.63. The Morgan fingerprint density at radius 3 is 1.32 bits per heavy atom. The lowest BCUT2D eigenvalue weighted by molar-refractivity contribution is -0.152. The van der Waals surface area contributed by atoms with Crippen LogP contribution in [0, 0.1) is 0 Å². The molecule has 3 aromatic carbocycles. The molecule has 0 bridgehead atoms. The number of nitrogens with zero attached hydrogens (tertiary/aromatic N) is 2. The van der Waals surface area contributed by atoms with E-state index in [9.17, 15) is 19.5 Å². The van der Waals surface area contributed by atoms with Crippen molar-refractivity contribution in [2.45, 2.75) is 5.60 Å². The average molecular weight is 372 g/mol. The predicted octanol–water partition coefficient (Wildman–Crippen LogP) is 3.07. The number of carbonyl (C=O) groups excluding carboxylic acids is 3. The molecule has 1 aliphatic rings. The topological polar surface area (TPSA) is 77.9 Å². The van der Waals surface area contributed by atoms with Gasteiger partial charge in [0.2, 0.25) is 5.60 Å². The molecule has 138 valence electrons. The van der Waals surface area contributed by atoms with E-state index in [1.165, 1.54) is 12.1 Å². The molecule has 4 rings (SSSR count). The van der Waals surface area contributed by atoms with Crippen molar-refractivity contribution in [3.8, 4) is 0 Å². The summed E-state index contributed by atoms with van der Waals surface area (Å²) in [4.78, 5) is 41.3. The highest BCUT2D eigenvalue weighted by molar-refractivity contribution is 6.39. The van der Waals surface area contributed by atoms with Gasteiger partial charge in [-0.25, -0.2) is 14.6 Å². The van der Waals surface area contributed by atoms with Crippen LogP contribution in [0.1, 0.15) is 5.56 Å². The van der Waals surface area contributed by atoms with Crippen molar-refractivity contribution in [2.75, 3.05) is 9.80 Å². The Labute approximate surface area is 161 Å². The fraction of sp³-hybridized carbons (Fsp3) is 0.0455. The minimum atomic E-state index is -2.53. The SMILES string of the molecule is O=C1N(c2ccccc2)C(=O)C(O)(c2ccccc2)C(=O)N1c1ccccc1. The summed E-state index contributed by atoms with van der Waals surface area (Å²) in [6.07, 6.45) is 0. The van der Waals surface area contributed by atoms with E-state index in [1.54, 1.807) is 78.9 Å². The lowest BCUT2D eigenvalue weighted by atomic mass is 9.88. The van der Waals surface area contributed by atoms with Crippen LogP contribution in [-0.4, -0.2) is 23.0 Å². The van der Waals surface area contributed by atoms with Crippen LogP contribution in [0.25, 0.3) is 0 Å². The van der Waals surface area contributed by atoms with Crippen LogP contribution in [-0.2, 0) is 15.2 Å². The first kappa shape index (κ1) is 17.6. The molecule has 1 aliphatic heterocycles. The van der Waals surface area contributed by atoms with Crippen LogP contribution in [0.2, 0.25) is 0 Å². The molecule has 1 heterocycles. The van der Waals surface area contributed by atoms with Gasteiger partial charge in [-0.15, -0.1) is 0 Å². The molecule has 0 aliphatic carbocycles. The monoisotopic (exact) mass is 372 g/mol. The van der Waals surface area contributed by atoms with Crippen molar-refractivity contribution in [3.63, 3.8) is 0 Å². The molecule has 0 spiro atoms. The van der Waals surface area contributed by atoms with E-state index in [0.29, 0.717) is 0 Å². The summed E-state index contributed by atoms with van der Waals surface area (Å²) < 4.78 is 0. The van der Waals surface area contributed by atoms with E-state index >= 15 is 0 Å². The highest BCUT2D eigenvalue weighted by atomic mass is 16.3. The van der Waals surface area contributed by atoms with Gasteiger partial charge in [0.25, 0.3) is 11.8 Å². The molecule has 3 aromatic rings. The van der Waals surface area contributed by atoms with E-state index in [1.807, 2.05) is 0 Å². The Bertz CT molecular complexity index is 974. The number of rotatable bonds is 3. The summed E-state index contributed by atoms with van der Waals surface area (Å²) in [6.45, 7) is 0. The van der Waals surface area contributed by atoms with Crippen LogP contribution >= 0.6 is 0 Å². The minimum absolute atomic E-state index is 0.0966. The summed E-state index contributed by atoms with van der Waals surface area (Å²) in [5.74, 6) is -2.01. The molecule has 1 fully saturated rings. The van der Waals surface area contributed by atoms with Crippen LogP contribution in [0.4, 0.5) is 16.2 Å². The first-order valence-electron chi connectivity index (χ1n) is 8.66. The number of para-hydroxylation sites is 2. The van der Waals surface area contributed by atoms with Crippen molar-refractivity contribution >= 4 is 29.2 Å². The second-order valence-corrected chi connectivity index (χ2v) is 6.31. The Kier molecular flexibility index (Phi) is 4.25. The number of benzene rings is 3. The van der Waals surface area contributed by atoms with E-state index in [0.717, 1.165) is 9.80 Å². The number of barbiturate groups is 1.